The molecule has 1 amide bonds. The van der Waals surface area contributed by atoms with Crippen LogP contribution in [0.25, 0.3) is 22.2 Å². The highest BCUT2D eigenvalue weighted by Crippen LogP contribution is 2.27. The van der Waals surface area contributed by atoms with Crippen LogP contribution >= 0.6 is 0 Å². The SMILES string of the molecule is Cc1nc(NC(=O)c2nc3ccccc3[nH]2)cc(-c2ccccc2)c1C. The largest absolute Gasteiger partial charge is 0.334 e. The molecule has 128 valence electrons. The van der Waals surface area contributed by atoms with Gasteiger partial charge in [-0.15, -0.1) is 0 Å². The number of carbonyl (C=O) groups is 1. The first kappa shape index (κ1) is 16.0. The number of aryl methyl sites for hydroxylation is 1. The molecule has 2 aromatic heterocycles. The average molecular weight is 342 g/mol. The summed E-state index contributed by atoms with van der Waals surface area (Å²) in [6.07, 6.45) is 0. The molecule has 0 radical (unpaired) electrons. The minimum absolute atomic E-state index is 0.271. The van der Waals surface area contributed by atoms with Crippen molar-refractivity contribution in [3.05, 3.63) is 77.7 Å². The van der Waals surface area contributed by atoms with Gasteiger partial charge in [-0.25, -0.2) is 9.97 Å². The van der Waals surface area contributed by atoms with E-state index in [1.54, 1.807) is 0 Å². The number of para-hydroxylation sites is 2. The Morgan fingerprint density at radius 1 is 0.962 bits per heavy atom. The average Bonchev–Trinajstić information content (AvgIpc) is 3.09. The molecule has 5 heteroatoms. The van der Waals surface area contributed by atoms with Gasteiger partial charge in [0.05, 0.1) is 11.0 Å². The van der Waals surface area contributed by atoms with E-state index in [4.69, 9.17) is 0 Å². The maximum Gasteiger partial charge on any atom is 0.292 e. The highest BCUT2D eigenvalue weighted by molar-refractivity contribution is 6.03. The number of aromatic amines is 1. The van der Waals surface area contributed by atoms with Crippen LogP contribution in [0.5, 0.6) is 0 Å². The van der Waals surface area contributed by atoms with Crippen molar-refractivity contribution in [2.75, 3.05) is 5.32 Å². The minimum atomic E-state index is -0.309. The van der Waals surface area contributed by atoms with Gasteiger partial charge in [0.25, 0.3) is 5.91 Å². The molecule has 0 spiro atoms. The predicted molar refractivity (Wildman–Crippen MR) is 103 cm³/mol. The summed E-state index contributed by atoms with van der Waals surface area (Å²) in [4.78, 5) is 24.5. The number of nitrogens with zero attached hydrogens (tertiary/aromatic N) is 2. The maximum atomic E-state index is 12.6. The molecule has 0 atom stereocenters. The first-order chi connectivity index (χ1) is 12.6. The molecular weight excluding hydrogens is 324 g/mol. The van der Waals surface area contributed by atoms with Crippen molar-refractivity contribution >= 4 is 22.8 Å². The summed E-state index contributed by atoms with van der Waals surface area (Å²) in [5.41, 5.74) is 5.71. The second-order valence-electron chi connectivity index (χ2n) is 6.19. The Morgan fingerprint density at radius 3 is 2.46 bits per heavy atom. The minimum Gasteiger partial charge on any atom is -0.334 e. The molecule has 4 rings (SSSR count). The number of anilines is 1. The van der Waals surface area contributed by atoms with E-state index in [0.29, 0.717) is 5.82 Å². The van der Waals surface area contributed by atoms with E-state index in [9.17, 15) is 4.79 Å². The number of imidazole rings is 1. The number of nitrogens with one attached hydrogen (secondary N) is 2. The molecule has 0 bridgehead atoms. The molecule has 2 N–H and O–H groups in total. The molecule has 0 aliphatic heterocycles. The van der Waals surface area contributed by atoms with Crippen LogP contribution in [0.2, 0.25) is 0 Å². The van der Waals surface area contributed by atoms with E-state index in [1.807, 2.05) is 74.5 Å². The zero-order chi connectivity index (χ0) is 18.1. The zero-order valence-electron chi connectivity index (χ0n) is 14.6. The lowest BCUT2D eigenvalue weighted by Gasteiger charge is -2.12. The highest BCUT2D eigenvalue weighted by Gasteiger charge is 2.14. The third-order valence-electron chi connectivity index (χ3n) is 4.45. The summed E-state index contributed by atoms with van der Waals surface area (Å²) in [5, 5.41) is 2.85. The Kier molecular flexibility index (Phi) is 3.97. The Bertz CT molecular complexity index is 1070. The number of fused-ring (bicyclic) bond motifs is 1. The van der Waals surface area contributed by atoms with Crippen LogP contribution in [0.3, 0.4) is 0 Å². The lowest BCUT2D eigenvalue weighted by molar-refractivity contribution is 0.101. The first-order valence-corrected chi connectivity index (χ1v) is 8.41. The highest BCUT2D eigenvalue weighted by atomic mass is 16.2. The van der Waals surface area contributed by atoms with Crippen molar-refractivity contribution in [1.29, 1.82) is 0 Å². The predicted octanol–water partition coefficient (Wildman–Crippen LogP) is 4.49. The Morgan fingerprint density at radius 2 is 1.69 bits per heavy atom. The fourth-order valence-corrected chi connectivity index (χ4v) is 2.95. The zero-order valence-corrected chi connectivity index (χ0v) is 14.6. The molecule has 0 saturated carbocycles. The van der Waals surface area contributed by atoms with Crippen molar-refractivity contribution in [2.45, 2.75) is 13.8 Å². The second kappa shape index (κ2) is 6.44. The third-order valence-corrected chi connectivity index (χ3v) is 4.45. The number of carbonyl (C=O) groups excluding carboxylic acids is 1. The van der Waals surface area contributed by atoms with Gasteiger partial charge in [0.15, 0.2) is 5.82 Å². The number of pyridine rings is 1. The Hall–Kier alpha value is -3.47. The van der Waals surface area contributed by atoms with Crippen LogP contribution in [0.4, 0.5) is 5.82 Å². The van der Waals surface area contributed by atoms with E-state index < -0.39 is 0 Å². The maximum absolute atomic E-state index is 12.6. The van der Waals surface area contributed by atoms with E-state index in [0.717, 1.165) is 33.4 Å². The van der Waals surface area contributed by atoms with E-state index in [1.165, 1.54) is 0 Å². The molecule has 0 unspecified atom stereocenters. The first-order valence-electron chi connectivity index (χ1n) is 8.41. The monoisotopic (exact) mass is 342 g/mol. The number of amides is 1. The van der Waals surface area contributed by atoms with Crippen LogP contribution in [0.15, 0.2) is 60.7 Å². The van der Waals surface area contributed by atoms with Crippen LogP contribution in [-0.4, -0.2) is 20.9 Å². The number of aromatic nitrogens is 3. The van der Waals surface area contributed by atoms with Gasteiger partial charge < -0.3 is 10.3 Å². The normalized spacial score (nSPS) is 10.8. The standard InChI is InChI=1S/C21H18N4O/c1-13-14(2)22-19(12-16(13)15-8-4-3-5-9-15)25-21(26)20-23-17-10-6-7-11-18(17)24-20/h3-12H,1-2H3,(H,23,24)(H,22,25,26). The fraction of sp³-hybridized carbons (Fsp3) is 0.0952. The summed E-state index contributed by atoms with van der Waals surface area (Å²) >= 11 is 0. The van der Waals surface area contributed by atoms with Crippen molar-refractivity contribution in [3.8, 4) is 11.1 Å². The quantitative estimate of drug-likeness (QED) is 0.576. The number of H-pyrrole nitrogens is 1. The lowest BCUT2D eigenvalue weighted by atomic mass is 10.0. The number of rotatable bonds is 3. The van der Waals surface area contributed by atoms with Crippen molar-refractivity contribution < 1.29 is 4.79 Å². The molecule has 2 aromatic carbocycles. The molecule has 0 aliphatic rings. The summed E-state index contributed by atoms with van der Waals surface area (Å²) in [6.45, 7) is 3.98. The van der Waals surface area contributed by atoms with E-state index in [2.05, 4.69) is 20.3 Å². The van der Waals surface area contributed by atoms with Gasteiger partial charge in [0, 0.05) is 5.69 Å². The summed E-state index contributed by atoms with van der Waals surface area (Å²) in [6, 6.07) is 19.5. The van der Waals surface area contributed by atoms with Crippen LogP contribution in [0.1, 0.15) is 21.9 Å². The molecule has 0 aliphatic carbocycles. The van der Waals surface area contributed by atoms with Gasteiger partial charge in [0.2, 0.25) is 0 Å². The van der Waals surface area contributed by atoms with Gasteiger partial charge in [-0.1, -0.05) is 42.5 Å². The van der Waals surface area contributed by atoms with Crippen LogP contribution < -0.4 is 5.32 Å². The van der Waals surface area contributed by atoms with E-state index in [-0.39, 0.29) is 11.7 Å². The second-order valence-corrected chi connectivity index (χ2v) is 6.19. The molecule has 2 heterocycles. The molecule has 5 nitrogen and oxygen atoms in total. The molecule has 0 saturated heterocycles. The topological polar surface area (TPSA) is 70.7 Å². The van der Waals surface area contributed by atoms with Crippen molar-refractivity contribution in [3.63, 3.8) is 0 Å². The molecular formula is C21H18N4O. The third kappa shape index (κ3) is 2.95. The summed E-state index contributed by atoms with van der Waals surface area (Å²) < 4.78 is 0. The van der Waals surface area contributed by atoms with Crippen molar-refractivity contribution in [1.82, 2.24) is 15.0 Å². The van der Waals surface area contributed by atoms with Gasteiger partial charge in [0.1, 0.15) is 5.82 Å². The molecule has 26 heavy (non-hydrogen) atoms. The number of benzene rings is 2. The smallest absolute Gasteiger partial charge is 0.292 e. The summed E-state index contributed by atoms with van der Waals surface area (Å²) in [5.74, 6) is 0.473. The molecule has 0 fully saturated rings. The van der Waals surface area contributed by atoms with Gasteiger partial charge >= 0.3 is 0 Å². The van der Waals surface area contributed by atoms with Crippen LogP contribution in [0, 0.1) is 13.8 Å². The lowest BCUT2D eigenvalue weighted by Crippen LogP contribution is -2.15. The van der Waals surface area contributed by atoms with Gasteiger partial charge in [-0.2, -0.15) is 0 Å². The van der Waals surface area contributed by atoms with Gasteiger partial charge in [-0.05, 0) is 48.7 Å². The summed E-state index contributed by atoms with van der Waals surface area (Å²) in [7, 11) is 0. The number of hydrogen-bond acceptors (Lipinski definition) is 3. The molecule has 4 aromatic rings. The van der Waals surface area contributed by atoms with Crippen molar-refractivity contribution in [2.24, 2.45) is 0 Å². The Balaban J connectivity index is 1.67. The Labute approximate surface area is 151 Å². The number of hydrogen-bond donors (Lipinski definition) is 2. The fourth-order valence-electron chi connectivity index (χ4n) is 2.95. The van der Waals surface area contributed by atoms with Crippen LogP contribution in [-0.2, 0) is 0 Å². The van der Waals surface area contributed by atoms with E-state index >= 15 is 0 Å². The van der Waals surface area contributed by atoms with Gasteiger partial charge in [-0.3, -0.25) is 4.79 Å².